The van der Waals surface area contributed by atoms with Crippen LogP contribution in [-0.2, 0) is 13.0 Å². The summed E-state index contributed by atoms with van der Waals surface area (Å²) in [5.41, 5.74) is -0.226. The third-order valence-corrected chi connectivity index (χ3v) is 3.95. The zero-order chi connectivity index (χ0) is 12.7. The van der Waals surface area contributed by atoms with Gasteiger partial charge in [-0.3, -0.25) is 14.3 Å². The number of rotatable bonds is 2. The fraction of sp³-hybridized carbons (Fsp3) is 0.583. The van der Waals surface area contributed by atoms with Crippen LogP contribution in [-0.4, -0.2) is 14.7 Å². The predicted octanol–water partition coefficient (Wildman–Crippen LogP) is 1.55. The topological polar surface area (TPSA) is 67.2 Å². The molecule has 0 saturated heterocycles. The van der Waals surface area contributed by atoms with Gasteiger partial charge in [-0.05, 0) is 18.8 Å². The predicted molar refractivity (Wildman–Crippen MR) is 69.9 cm³/mol. The first-order valence-corrected chi connectivity index (χ1v) is 6.62. The molecule has 0 atom stereocenters. The summed E-state index contributed by atoms with van der Waals surface area (Å²) in [4.78, 5) is 30.0. The van der Waals surface area contributed by atoms with E-state index in [1.165, 1.54) is 12.8 Å². The van der Waals surface area contributed by atoms with Crippen LogP contribution in [0.3, 0.4) is 0 Å². The number of H-pyrrole nitrogens is 1. The van der Waals surface area contributed by atoms with Gasteiger partial charge in [-0.2, -0.15) is 0 Å². The zero-order valence-electron chi connectivity index (χ0n) is 9.91. The molecule has 1 N–H and O–H groups in total. The minimum atomic E-state index is -0.374. The number of aromatic amines is 1. The summed E-state index contributed by atoms with van der Waals surface area (Å²) in [6.07, 6.45) is 5.04. The summed E-state index contributed by atoms with van der Waals surface area (Å²) in [6.45, 7) is 0.631. The molecule has 3 rings (SSSR count). The van der Waals surface area contributed by atoms with E-state index < -0.39 is 0 Å². The van der Waals surface area contributed by atoms with Crippen LogP contribution >= 0.6 is 11.6 Å². The molecule has 0 spiro atoms. The molecule has 1 fully saturated rings. The van der Waals surface area contributed by atoms with E-state index in [0.717, 1.165) is 12.8 Å². The van der Waals surface area contributed by atoms with Crippen molar-refractivity contribution < 1.29 is 0 Å². The second-order valence-corrected chi connectivity index (χ2v) is 5.42. The standard InChI is InChI=1S/C12H14ClN3O2/c13-9-5-8-10(14-9)16(12(18)15-11(8)17)6-7-3-1-2-4-7/h7H,1-6H2,(H,15,17,18). The molecule has 6 heteroatoms. The van der Waals surface area contributed by atoms with Gasteiger partial charge in [-0.15, -0.1) is 0 Å². The van der Waals surface area contributed by atoms with Crippen molar-refractivity contribution in [3.8, 4) is 0 Å². The van der Waals surface area contributed by atoms with Crippen LogP contribution in [0.25, 0.3) is 0 Å². The number of nitrogens with one attached hydrogen (secondary N) is 1. The first-order chi connectivity index (χ1) is 8.65. The van der Waals surface area contributed by atoms with Crippen molar-refractivity contribution in [1.82, 2.24) is 9.55 Å². The van der Waals surface area contributed by atoms with Gasteiger partial charge in [0.25, 0.3) is 5.56 Å². The lowest BCUT2D eigenvalue weighted by Gasteiger charge is -2.13. The average molecular weight is 268 g/mol. The molecular formula is C12H14ClN3O2. The molecule has 1 aliphatic carbocycles. The molecule has 0 radical (unpaired) electrons. The van der Waals surface area contributed by atoms with Gasteiger partial charge in [0.15, 0.2) is 0 Å². The Kier molecular flexibility index (Phi) is 2.86. The molecule has 0 aromatic carbocycles. The number of hydrogen-bond donors (Lipinski definition) is 1. The second-order valence-electron chi connectivity index (χ2n) is 4.99. The monoisotopic (exact) mass is 267 g/mol. The van der Waals surface area contributed by atoms with E-state index in [-0.39, 0.29) is 11.2 Å². The van der Waals surface area contributed by atoms with Crippen LogP contribution in [0.15, 0.2) is 14.6 Å². The van der Waals surface area contributed by atoms with Crippen LogP contribution in [0.2, 0.25) is 0 Å². The number of fused-ring (bicyclic) bond motifs is 1. The fourth-order valence-corrected chi connectivity index (χ4v) is 3.02. The quantitative estimate of drug-likeness (QED) is 0.883. The van der Waals surface area contributed by atoms with E-state index in [9.17, 15) is 9.59 Å². The van der Waals surface area contributed by atoms with Gasteiger partial charge >= 0.3 is 5.69 Å². The lowest BCUT2D eigenvalue weighted by atomic mass is 10.1. The van der Waals surface area contributed by atoms with Crippen molar-refractivity contribution in [1.29, 1.82) is 0 Å². The van der Waals surface area contributed by atoms with E-state index in [4.69, 9.17) is 11.6 Å². The van der Waals surface area contributed by atoms with E-state index >= 15 is 0 Å². The van der Waals surface area contributed by atoms with Gasteiger partial charge in [0.05, 0.1) is 5.56 Å². The molecule has 0 amide bonds. The maximum Gasteiger partial charge on any atom is 0.329 e. The number of aliphatic imine (C=N–C) groups is 1. The van der Waals surface area contributed by atoms with Crippen molar-refractivity contribution in [2.75, 3.05) is 0 Å². The van der Waals surface area contributed by atoms with Gasteiger partial charge in [0.2, 0.25) is 0 Å². The van der Waals surface area contributed by atoms with E-state index in [1.54, 1.807) is 4.57 Å². The third kappa shape index (κ3) is 1.92. The SMILES string of the molecule is O=c1[nH]c(=O)n(CC2CCCC2)c2c1CC(Cl)=N2. The third-order valence-electron chi connectivity index (χ3n) is 3.73. The Balaban J connectivity index is 2.06. The maximum absolute atomic E-state index is 11.9. The van der Waals surface area contributed by atoms with Gasteiger partial charge in [0.1, 0.15) is 11.0 Å². The van der Waals surface area contributed by atoms with Crippen LogP contribution in [0.5, 0.6) is 0 Å². The molecule has 1 aromatic heterocycles. The molecule has 18 heavy (non-hydrogen) atoms. The molecule has 0 bridgehead atoms. The van der Waals surface area contributed by atoms with Crippen molar-refractivity contribution in [2.45, 2.75) is 38.6 Å². The summed E-state index contributed by atoms with van der Waals surface area (Å²) in [7, 11) is 0. The Morgan fingerprint density at radius 1 is 1.33 bits per heavy atom. The zero-order valence-corrected chi connectivity index (χ0v) is 10.7. The maximum atomic E-state index is 11.9. The number of aromatic nitrogens is 2. The Labute approximate surface area is 109 Å². The Bertz CT molecular complexity index is 623. The summed E-state index contributed by atoms with van der Waals surface area (Å²) in [6, 6.07) is 0. The highest BCUT2D eigenvalue weighted by Gasteiger charge is 2.24. The number of hydrogen-bond acceptors (Lipinski definition) is 3. The summed E-state index contributed by atoms with van der Waals surface area (Å²) in [5.74, 6) is 0.966. The number of nitrogens with zero attached hydrogens (tertiary/aromatic N) is 2. The highest BCUT2D eigenvalue weighted by atomic mass is 35.5. The first-order valence-electron chi connectivity index (χ1n) is 6.24. The van der Waals surface area contributed by atoms with Gasteiger partial charge in [-0.25, -0.2) is 9.79 Å². The Hall–Kier alpha value is -1.36. The summed E-state index contributed by atoms with van der Waals surface area (Å²) < 4.78 is 1.57. The van der Waals surface area contributed by atoms with Crippen LogP contribution < -0.4 is 11.2 Å². The molecule has 1 saturated carbocycles. The fourth-order valence-electron chi connectivity index (χ4n) is 2.81. The lowest BCUT2D eigenvalue weighted by Crippen LogP contribution is -2.33. The van der Waals surface area contributed by atoms with Crippen molar-refractivity contribution in [3.63, 3.8) is 0 Å². The van der Waals surface area contributed by atoms with Crippen molar-refractivity contribution >= 4 is 22.6 Å². The van der Waals surface area contributed by atoms with Crippen molar-refractivity contribution in [2.24, 2.45) is 10.9 Å². The van der Waals surface area contributed by atoms with Gasteiger partial charge in [-0.1, -0.05) is 24.4 Å². The molecule has 0 unspecified atom stereocenters. The molecule has 1 aromatic rings. The lowest BCUT2D eigenvalue weighted by molar-refractivity contribution is 0.445. The minimum absolute atomic E-state index is 0.331. The molecule has 5 nitrogen and oxygen atoms in total. The smallest absolute Gasteiger partial charge is 0.277 e. The number of halogens is 1. The van der Waals surface area contributed by atoms with Gasteiger partial charge < -0.3 is 0 Å². The van der Waals surface area contributed by atoms with Crippen LogP contribution in [0, 0.1) is 5.92 Å². The first kappa shape index (κ1) is 11.7. The Morgan fingerprint density at radius 3 is 2.78 bits per heavy atom. The molecule has 1 aliphatic heterocycles. The summed E-state index contributed by atoms with van der Waals surface area (Å²) >= 11 is 5.87. The molecule has 2 aliphatic rings. The van der Waals surface area contributed by atoms with E-state index in [1.807, 2.05) is 0 Å². The average Bonchev–Trinajstić information content (AvgIpc) is 2.93. The summed E-state index contributed by atoms with van der Waals surface area (Å²) in [5, 5.41) is 0.376. The normalized spacial score (nSPS) is 19.1. The second kappa shape index (κ2) is 4.39. The Morgan fingerprint density at radius 2 is 2.06 bits per heavy atom. The van der Waals surface area contributed by atoms with Crippen molar-refractivity contribution in [3.05, 3.63) is 26.4 Å². The molecule has 2 heterocycles. The highest BCUT2D eigenvalue weighted by molar-refractivity contribution is 6.66. The minimum Gasteiger partial charge on any atom is -0.277 e. The van der Waals surface area contributed by atoms with Crippen LogP contribution in [0.1, 0.15) is 31.2 Å². The molecule has 96 valence electrons. The van der Waals surface area contributed by atoms with Crippen LogP contribution in [0.4, 0.5) is 5.82 Å². The highest BCUT2D eigenvalue weighted by Crippen LogP contribution is 2.29. The van der Waals surface area contributed by atoms with E-state index in [0.29, 0.717) is 35.4 Å². The van der Waals surface area contributed by atoms with E-state index in [2.05, 4.69) is 9.98 Å². The largest absolute Gasteiger partial charge is 0.329 e. The van der Waals surface area contributed by atoms with Gasteiger partial charge in [0, 0.05) is 13.0 Å². The molecular weight excluding hydrogens is 254 g/mol.